The fourth-order valence-electron chi connectivity index (χ4n) is 3.68. The molecule has 1 aliphatic rings. The molecular formula is C21H23FN4O2S. The van der Waals surface area contributed by atoms with Crippen molar-refractivity contribution >= 4 is 15.7 Å². The Morgan fingerprint density at radius 1 is 1.07 bits per heavy atom. The van der Waals surface area contributed by atoms with E-state index in [-0.39, 0.29) is 22.8 Å². The molecule has 1 aromatic heterocycles. The molecule has 4 rings (SSSR count). The summed E-state index contributed by atoms with van der Waals surface area (Å²) in [7, 11) is -1.98. The van der Waals surface area contributed by atoms with Crippen molar-refractivity contribution in [2.24, 2.45) is 7.05 Å². The molecule has 2 aromatic carbocycles. The van der Waals surface area contributed by atoms with E-state index in [1.165, 1.54) is 29.0 Å². The van der Waals surface area contributed by atoms with Crippen molar-refractivity contribution < 1.29 is 12.8 Å². The van der Waals surface area contributed by atoms with E-state index in [2.05, 4.69) is 10.3 Å². The smallest absolute Gasteiger partial charge is 0.262 e. The predicted molar refractivity (Wildman–Crippen MR) is 110 cm³/mol. The van der Waals surface area contributed by atoms with Crippen molar-refractivity contribution in [3.63, 3.8) is 0 Å². The lowest BCUT2D eigenvalue weighted by Gasteiger charge is -2.21. The molecule has 0 bridgehead atoms. The Bertz CT molecular complexity index is 1090. The van der Waals surface area contributed by atoms with Crippen LogP contribution < -0.4 is 5.32 Å². The molecule has 8 heteroatoms. The van der Waals surface area contributed by atoms with Crippen molar-refractivity contribution in [2.75, 3.05) is 18.4 Å². The second kappa shape index (κ2) is 7.61. The van der Waals surface area contributed by atoms with Gasteiger partial charge in [0.05, 0.1) is 6.33 Å². The van der Waals surface area contributed by atoms with Crippen LogP contribution in [-0.4, -0.2) is 41.4 Å². The third-order valence-electron chi connectivity index (χ3n) is 5.27. The first-order valence-corrected chi connectivity index (χ1v) is 10.8. The third-order valence-corrected chi connectivity index (χ3v) is 6.99. The molecular weight excluding hydrogens is 391 g/mol. The number of benzene rings is 2. The number of halogens is 1. The van der Waals surface area contributed by atoms with E-state index in [9.17, 15) is 12.8 Å². The van der Waals surface area contributed by atoms with Crippen LogP contribution in [0.2, 0.25) is 0 Å². The van der Waals surface area contributed by atoms with Gasteiger partial charge in [-0.25, -0.2) is 17.8 Å². The standard InChI is InChI=1S/C21H23FN4O2S/c1-15-3-9-18(10-4-15)24-20-12-26(29(27,28)21-13-25(2)14-23-21)11-19(20)16-5-7-17(22)8-6-16/h3-10,13-14,19-20,24H,11-12H2,1-2H3. The summed E-state index contributed by atoms with van der Waals surface area (Å²) in [6, 6.07) is 14.1. The normalized spacial score (nSPS) is 20.1. The zero-order valence-electron chi connectivity index (χ0n) is 16.3. The van der Waals surface area contributed by atoms with Crippen molar-refractivity contribution in [2.45, 2.75) is 23.9 Å². The summed E-state index contributed by atoms with van der Waals surface area (Å²) in [5.41, 5.74) is 2.97. The van der Waals surface area contributed by atoms with Crippen LogP contribution in [0.4, 0.5) is 10.1 Å². The van der Waals surface area contributed by atoms with Gasteiger partial charge in [0.1, 0.15) is 5.82 Å². The summed E-state index contributed by atoms with van der Waals surface area (Å²) in [6.07, 6.45) is 2.98. The van der Waals surface area contributed by atoms with E-state index in [0.717, 1.165) is 16.8 Å². The lowest BCUT2D eigenvalue weighted by atomic mass is 9.94. The molecule has 1 fully saturated rings. The average Bonchev–Trinajstić information content (AvgIpc) is 3.32. The number of hydrogen-bond donors (Lipinski definition) is 1. The lowest BCUT2D eigenvalue weighted by molar-refractivity contribution is 0.468. The first-order chi connectivity index (χ1) is 13.8. The summed E-state index contributed by atoms with van der Waals surface area (Å²) in [4.78, 5) is 4.02. The van der Waals surface area contributed by atoms with Crippen molar-refractivity contribution in [3.05, 3.63) is 78.0 Å². The molecule has 0 radical (unpaired) electrons. The van der Waals surface area contributed by atoms with E-state index in [1.807, 2.05) is 31.2 Å². The predicted octanol–water partition coefficient (Wildman–Crippen LogP) is 3.14. The van der Waals surface area contributed by atoms with Gasteiger partial charge in [0, 0.05) is 44.0 Å². The molecule has 0 saturated carbocycles. The van der Waals surface area contributed by atoms with Crippen molar-refractivity contribution in [1.82, 2.24) is 13.9 Å². The van der Waals surface area contributed by atoms with Gasteiger partial charge in [-0.1, -0.05) is 29.8 Å². The molecule has 6 nitrogen and oxygen atoms in total. The Morgan fingerprint density at radius 3 is 2.38 bits per heavy atom. The summed E-state index contributed by atoms with van der Waals surface area (Å²) in [6.45, 7) is 2.62. The summed E-state index contributed by atoms with van der Waals surface area (Å²) in [5.74, 6) is -0.428. The molecule has 2 atom stereocenters. The molecule has 152 valence electrons. The van der Waals surface area contributed by atoms with Crippen LogP contribution in [0.5, 0.6) is 0 Å². The highest BCUT2D eigenvalue weighted by Crippen LogP contribution is 2.33. The molecule has 0 spiro atoms. The number of rotatable bonds is 5. The highest BCUT2D eigenvalue weighted by molar-refractivity contribution is 7.89. The van der Waals surface area contributed by atoms with Crippen LogP contribution >= 0.6 is 0 Å². The van der Waals surface area contributed by atoms with E-state index < -0.39 is 10.0 Å². The highest BCUT2D eigenvalue weighted by atomic mass is 32.2. The van der Waals surface area contributed by atoms with Crippen LogP contribution in [0.25, 0.3) is 0 Å². The van der Waals surface area contributed by atoms with Gasteiger partial charge < -0.3 is 9.88 Å². The Morgan fingerprint density at radius 2 is 1.76 bits per heavy atom. The molecule has 1 N–H and O–H groups in total. The zero-order chi connectivity index (χ0) is 20.6. The molecule has 2 heterocycles. The van der Waals surface area contributed by atoms with Crippen LogP contribution in [0.3, 0.4) is 0 Å². The van der Waals surface area contributed by atoms with Gasteiger partial charge in [-0.05, 0) is 36.8 Å². The van der Waals surface area contributed by atoms with Crippen molar-refractivity contribution in [3.8, 4) is 0 Å². The van der Waals surface area contributed by atoms with E-state index >= 15 is 0 Å². The lowest BCUT2D eigenvalue weighted by Crippen LogP contribution is -2.32. The minimum atomic E-state index is -3.71. The minimum absolute atomic E-state index is 0.0360. The minimum Gasteiger partial charge on any atom is -0.380 e. The zero-order valence-corrected chi connectivity index (χ0v) is 17.1. The number of aryl methyl sites for hydroxylation is 2. The van der Waals surface area contributed by atoms with Crippen LogP contribution in [0, 0.1) is 12.7 Å². The molecule has 3 aromatic rings. The molecule has 1 aliphatic heterocycles. The molecule has 29 heavy (non-hydrogen) atoms. The van der Waals surface area contributed by atoms with Crippen LogP contribution in [-0.2, 0) is 17.1 Å². The fourth-order valence-corrected chi connectivity index (χ4v) is 5.13. The van der Waals surface area contributed by atoms with Crippen LogP contribution in [0.1, 0.15) is 17.0 Å². The number of nitrogens with zero attached hydrogens (tertiary/aromatic N) is 3. The quantitative estimate of drug-likeness (QED) is 0.697. The maximum Gasteiger partial charge on any atom is 0.262 e. The van der Waals surface area contributed by atoms with Crippen molar-refractivity contribution in [1.29, 1.82) is 0 Å². The number of nitrogens with one attached hydrogen (secondary N) is 1. The number of aromatic nitrogens is 2. The van der Waals surface area contributed by atoms with Gasteiger partial charge in [0.15, 0.2) is 5.03 Å². The SMILES string of the molecule is Cc1ccc(NC2CN(S(=O)(=O)c3cn(C)cn3)CC2c2ccc(F)cc2)cc1. The maximum absolute atomic E-state index is 13.4. The summed E-state index contributed by atoms with van der Waals surface area (Å²) < 4.78 is 42.6. The van der Waals surface area contributed by atoms with Crippen LogP contribution in [0.15, 0.2) is 66.1 Å². The van der Waals surface area contributed by atoms with Gasteiger partial charge in [-0.15, -0.1) is 0 Å². The number of imidazole rings is 1. The summed E-state index contributed by atoms with van der Waals surface area (Å²) >= 11 is 0. The van der Waals surface area contributed by atoms with E-state index in [1.54, 1.807) is 23.7 Å². The van der Waals surface area contributed by atoms with E-state index in [4.69, 9.17) is 0 Å². The second-order valence-corrected chi connectivity index (χ2v) is 9.36. The second-order valence-electron chi connectivity index (χ2n) is 7.47. The Balaban J connectivity index is 1.65. The van der Waals surface area contributed by atoms with Gasteiger partial charge in [-0.2, -0.15) is 4.31 Å². The fraction of sp³-hybridized carbons (Fsp3) is 0.286. The first-order valence-electron chi connectivity index (χ1n) is 9.40. The Hall–Kier alpha value is -2.71. The van der Waals surface area contributed by atoms with Gasteiger partial charge in [-0.3, -0.25) is 0 Å². The third kappa shape index (κ3) is 4.04. The summed E-state index contributed by atoms with van der Waals surface area (Å²) in [5, 5.41) is 3.50. The average molecular weight is 415 g/mol. The number of hydrogen-bond acceptors (Lipinski definition) is 4. The molecule has 1 saturated heterocycles. The maximum atomic E-state index is 13.4. The van der Waals surface area contributed by atoms with Gasteiger partial charge in [0.2, 0.25) is 0 Å². The van der Waals surface area contributed by atoms with Gasteiger partial charge in [0.25, 0.3) is 10.0 Å². The first kappa shape index (κ1) is 19.6. The molecule has 0 aliphatic carbocycles. The molecule has 0 amide bonds. The Labute approximate surface area is 170 Å². The largest absolute Gasteiger partial charge is 0.380 e. The molecule has 2 unspecified atom stereocenters. The van der Waals surface area contributed by atoms with Gasteiger partial charge >= 0.3 is 0 Å². The monoisotopic (exact) mass is 414 g/mol. The highest BCUT2D eigenvalue weighted by Gasteiger charge is 2.41. The number of sulfonamides is 1. The Kier molecular flexibility index (Phi) is 5.14. The topological polar surface area (TPSA) is 67.2 Å². The number of anilines is 1. The van der Waals surface area contributed by atoms with E-state index in [0.29, 0.717) is 13.1 Å².